The van der Waals surface area contributed by atoms with Crippen LogP contribution < -0.4 is 10.6 Å². The summed E-state index contributed by atoms with van der Waals surface area (Å²) in [5, 5.41) is 10.0. The zero-order valence-corrected chi connectivity index (χ0v) is 17.8. The van der Waals surface area contributed by atoms with Crippen LogP contribution in [0.1, 0.15) is 68.4 Å². The minimum Gasteiger partial charge on any atom is -0.354 e. The lowest BCUT2D eigenvalue weighted by atomic mass is 9.95. The molecule has 1 aromatic rings. The standard InChI is InChI=1S/C20H33N5O3/c1-13(2)7-9-21-17(26)15-11-16-18(27)24(6)20(5,12-25(16)23-15)19(28)22-10-8-14(3)4/h11,13-14H,7-10,12H2,1-6H3,(H,21,26)(H,22,28)/t20-/m0/s1. The van der Waals surface area contributed by atoms with E-state index in [1.165, 1.54) is 15.6 Å². The smallest absolute Gasteiger partial charge is 0.272 e. The molecule has 1 aliphatic heterocycles. The van der Waals surface area contributed by atoms with E-state index in [-0.39, 0.29) is 30.0 Å². The highest BCUT2D eigenvalue weighted by Crippen LogP contribution is 2.26. The molecule has 156 valence electrons. The fourth-order valence-electron chi connectivity index (χ4n) is 3.07. The summed E-state index contributed by atoms with van der Waals surface area (Å²) in [6.07, 6.45) is 1.74. The first-order valence-corrected chi connectivity index (χ1v) is 9.98. The molecule has 0 radical (unpaired) electrons. The summed E-state index contributed by atoms with van der Waals surface area (Å²) in [6, 6.07) is 1.50. The molecular weight excluding hydrogens is 358 g/mol. The van der Waals surface area contributed by atoms with Crippen molar-refractivity contribution < 1.29 is 14.4 Å². The molecule has 1 atom stereocenters. The van der Waals surface area contributed by atoms with E-state index in [9.17, 15) is 14.4 Å². The predicted octanol–water partition coefficient (Wildman–Crippen LogP) is 1.67. The molecule has 0 saturated carbocycles. The summed E-state index contributed by atoms with van der Waals surface area (Å²) < 4.78 is 1.47. The Morgan fingerprint density at radius 2 is 1.71 bits per heavy atom. The molecule has 28 heavy (non-hydrogen) atoms. The minimum atomic E-state index is -1.06. The summed E-state index contributed by atoms with van der Waals surface area (Å²) >= 11 is 0. The Morgan fingerprint density at radius 3 is 2.29 bits per heavy atom. The fraction of sp³-hybridized carbons (Fsp3) is 0.700. The van der Waals surface area contributed by atoms with Gasteiger partial charge in [-0.15, -0.1) is 0 Å². The second-order valence-corrected chi connectivity index (χ2v) is 8.59. The van der Waals surface area contributed by atoms with E-state index in [1.54, 1.807) is 14.0 Å². The van der Waals surface area contributed by atoms with Gasteiger partial charge in [0.25, 0.3) is 11.8 Å². The first kappa shape index (κ1) is 21.9. The monoisotopic (exact) mass is 391 g/mol. The van der Waals surface area contributed by atoms with Crippen molar-refractivity contribution in [2.45, 2.75) is 59.5 Å². The van der Waals surface area contributed by atoms with Gasteiger partial charge in [0.1, 0.15) is 11.2 Å². The van der Waals surface area contributed by atoms with Crippen LogP contribution in [0.2, 0.25) is 0 Å². The van der Waals surface area contributed by atoms with Crippen LogP contribution in [0.25, 0.3) is 0 Å². The number of aromatic nitrogens is 2. The molecule has 0 aliphatic carbocycles. The number of carbonyl (C=O) groups is 3. The highest BCUT2D eigenvalue weighted by molar-refractivity contribution is 6.01. The lowest BCUT2D eigenvalue weighted by Crippen LogP contribution is -2.62. The predicted molar refractivity (Wildman–Crippen MR) is 107 cm³/mol. The number of fused-ring (bicyclic) bond motifs is 1. The minimum absolute atomic E-state index is 0.199. The Hall–Kier alpha value is -2.38. The summed E-state index contributed by atoms with van der Waals surface area (Å²) in [5.41, 5.74) is -0.535. The molecule has 2 N–H and O–H groups in total. The molecule has 3 amide bonds. The van der Waals surface area contributed by atoms with Gasteiger partial charge in [-0.3, -0.25) is 19.1 Å². The molecule has 0 saturated heterocycles. The van der Waals surface area contributed by atoms with E-state index < -0.39 is 5.54 Å². The quantitative estimate of drug-likeness (QED) is 0.704. The number of nitrogens with zero attached hydrogens (tertiary/aromatic N) is 3. The number of carbonyl (C=O) groups excluding carboxylic acids is 3. The van der Waals surface area contributed by atoms with Crippen molar-refractivity contribution in [2.75, 3.05) is 20.1 Å². The van der Waals surface area contributed by atoms with Gasteiger partial charge in [-0.1, -0.05) is 27.7 Å². The Kier molecular flexibility index (Phi) is 6.85. The van der Waals surface area contributed by atoms with Crippen LogP contribution in [0.3, 0.4) is 0 Å². The highest BCUT2D eigenvalue weighted by Gasteiger charge is 2.46. The maximum atomic E-state index is 12.8. The summed E-state index contributed by atoms with van der Waals surface area (Å²) in [7, 11) is 1.61. The Morgan fingerprint density at radius 1 is 1.14 bits per heavy atom. The first-order chi connectivity index (χ1) is 13.1. The van der Waals surface area contributed by atoms with Gasteiger partial charge in [0.15, 0.2) is 5.69 Å². The van der Waals surface area contributed by atoms with Gasteiger partial charge in [0, 0.05) is 26.2 Å². The van der Waals surface area contributed by atoms with Gasteiger partial charge in [-0.25, -0.2) is 0 Å². The van der Waals surface area contributed by atoms with Crippen molar-refractivity contribution in [3.8, 4) is 0 Å². The second kappa shape index (κ2) is 8.75. The number of likely N-dealkylation sites (N-methyl/N-ethyl adjacent to an activating group) is 1. The lowest BCUT2D eigenvalue weighted by Gasteiger charge is -2.40. The van der Waals surface area contributed by atoms with E-state index in [0.29, 0.717) is 30.6 Å². The van der Waals surface area contributed by atoms with Crippen molar-refractivity contribution in [1.82, 2.24) is 25.3 Å². The number of hydrogen-bond donors (Lipinski definition) is 2. The average Bonchev–Trinajstić information content (AvgIpc) is 3.02. The largest absolute Gasteiger partial charge is 0.354 e. The topological polar surface area (TPSA) is 96.3 Å². The molecule has 0 spiro atoms. The number of amides is 3. The maximum Gasteiger partial charge on any atom is 0.272 e. The molecule has 8 heteroatoms. The zero-order valence-electron chi connectivity index (χ0n) is 17.8. The van der Waals surface area contributed by atoms with Crippen molar-refractivity contribution in [3.63, 3.8) is 0 Å². The third-order valence-electron chi connectivity index (χ3n) is 5.24. The third kappa shape index (κ3) is 4.72. The third-order valence-corrected chi connectivity index (χ3v) is 5.24. The molecule has 0 fully saturated rings. The Bertz CT molecular complexity index is 740. The molecule has 0 unspecified atom stereocenters. The zero-order chi connectivity index (χ0) is 21.1. The van der Waals surface area contributed by atoms with Crippen LogP contribution in [-0.2, 0) is 11.3 Å². The molecular formula is C20H33N5O3. The highest BCUT2D eigenvalue weighted by atomic mass is 16.2. The second-order valence-electron chi connectivity index (χ2n) is 8.59. The van der Waals surface area contributed by atoms with Crippen LogP contribution >= 0.6 is 0 Å². The normalized spacial score (nSPS) is 19.1. The molecule has 0 bridgehead atoms. The molecule has 2 rings (SSSR count). The number of nitrogens with one attached hydrogen (secondary N) is 2. The van der Waals surface area contributed by atoms with Gasteiger partial charge < -0.3 is 15.5 Å². The number of hydrogen-bond acceptors (Lipinski definition) is 4. The lowest BCUT2D eigenvalue weighted by molar-refractivity contribution is -0.132. The van der Waals surface area contributed by atoms with E-state index in [1.807, 2.05) is 0 Å². The van der Waals surface area contributed by atoms with Crippen molar-refractivity contribution in [3.05, 3.63) is 17.5 Å². The van der Waals surface area contributed by atoms with E-state index in [2.05, 4.69) is 43.4 Å². The van der Waals surface area contributed by atoms with Gasteiger partial charge >= 0.3 is 0 Å². The molecule has 0 aromatic carbocycles. The van der Waals surface area contributed by atoms with Gasteiger partial charge in [0.2, 0.25) is 5.91 Å². The van der Waals surface area contributed by atoms with E-state index >= 15 is 0 Å². The first-order valence-electron chi connectivity index (χ1n) is 9.98. The molecule has 1 aliphatic rings. The summed E-state index contributed by atoms with van der Waals surface area (Å²) in [6.45, 7) is 11.4. The summed E-state index contributed by atoms with van der Waals surface area (Å²) in [4.78, 5) is 39.4. The Labute approximate surface area is 167 Å². The van der Waals surface area contributed by atoms with Crippen LogP contribution in [0.4, 0.5) is 0 Å². The molecule has 1 aromatic heterocycles. The van der Waals surface area contributed by atoms with Crippen LogP contribution in [0, 0.1) is 11.8 Å². The van der Waals surface area contributed by atoms with Gasteiger partial charge in [0.05, 0.1) is 6.54 Å². The Balaban J connectivity index is 2.14. The van der Waals surface area contributed by atoms with Crippen molar-refractivity contribution in [1.29, 1.82) is 0 Å². The average molecular weight is 392 g/mol. The summed E-state index contributed by atoms with van der Waals surface area (Å²) in [5.74, 6) is 0.129. The molecule has 2 heterocycles. The van der Waals surface area contributed by atoms with Gasteiger partial charge in [-0.2, -0.15) is 5.10 Å². The van der Waals surface area contributed by atoms with Crippen LogP contribution in [0.15, 0.2) is 6.07 Å². The van der Waals surface area contributed by atoms with E-state index in [4.69, 9.17) is 0 Å². The van der Waals surface area contributed by atoms with E-state index in [0.717, 1.165) is 12.8 Å². The van der Waals surface area contributed by atoms with Crippen LogP contribution in [0.5, 0.6) is 0 Å². The van der Waals surface area contributed by atoms with Gasteiger partial charge in [-0.05, 0) is 31.6 Å². The van der Waals surface area contributed by atoms with Crippen molar-refractivity contribution >= 4 is 17.7 Å². The maximum absolute atomic E-state index is 12.8. The van der Waals surface area contributed by atoms with Crippen LogP contribution in [-0.4, -0.2) is 58.1 Å². The molecule has 8 nitrogen and oxygen atoms in total. The fourth-order valence-corrected chi connectivity index (χ4v) is 3.07. The SMILES string of the molecule is CC(C)CCNC(=O)c1cc2n(n1)C[C@@](C)(C(=O)NCCC(C)C)N(C)C2=O. The number of rotatable bonds is 8. The van der Waals surface area contributed by atoms with Crippen molar-refractivity contribution in [2.24, 2.45) is 11.8 Å².